The van der Waals surface area contributed by atoms with Crippen LogP contribution in [0, 0.1) is 5.82 Å². The molecule has 3 nitrogen and oxygen atoms in total. The summed E-state index contributed by atoms with van der Waals surface area (Å²) in [6.07, 6.45) is 0. The molecule has 0 bridgehead atoms. The van der Waals surface area contributed by atoms with Crippen LogP contribution in [0.4, 0.5) is 13.2 Å². The molecule has 2 aromatic carbocycles. The second kappa shape index (κ2) is 5.05. The Morgan fingerprint density at radius 3 is 2.57 bits per heavy atom. The molecular formula is C16H12F3O3P. The van der Waals surface area contributed by atoms with Crippen molar-refractivity contribution >= 4 is 15.2 Å². The minimum atomic E-state index is -3.67. The highest BCUT2D eigenvalue weighted by molar-refractivity contribution is 7.18. The summed E-state index contributed by atoms with van der Waals surface area (Å²) in [5, 5.41) is 10.7. The van der Waals surface area contributed by atoms with Crippen molar-refractivity contribution in [1.29, 1.82) is 0 Å². The first-order chi connectivity index (χ1) is 10.7. The normalized spacial score (nSPS) is 19.2. The van der Waals surface area contributed by atoms with Crippen molar-refractivity contribution in [1.82, 2.24) is 0 Å². The number of halogens is 3. The van der Waals surface area contributed by atoms with Crippen molar-refractivity contribution < 1.29 is 27.8 Å². The van der Waals surface area contributed by atoms with E-state index in [9.17, 15) is 23.1 Å². The second-order valence-corrected chi connectivity index (χ2v) is 5.97. The van der Waals surface area contributed by atoms with E-state index in [0.29, 0.717) is 0 Å². The fourth-order valence-electron chi connectivity index (χ4n) is 2.96. The fraction of sp³-hybridized carbons (Fsp3) is 0.188. The molecule has 2 aromatic rings. The summed E-state index contributed by atoms with van der Waals surface area (Å²) in [6.45, 7) is 0. The van der Waals surface area contributed by atoms with Gasteiger partial charge in [0.15, 0.2) is 5.60 Å². The minimum absolute atomic E-state index is 0.0306. The van der Waals surface area contributed by atoms with Crippen molar-refractivity contribution in [2.75, 3.05) is 7.11 Å². The number of benzene rings is 2. The van der Waals surface area contributed by atoms with Crippen LogP contribution in [0.25, 0.3) is 11.1 Å². The number of aliphatic hydroxyl groups is 1. The predicted molar refractivity (Wildman–Crippen MR) is 80.8 cm³/mol. The van der Waals surface area contributed by atoms with Crippen molar-refractivity contribution in [2.24, 2.45) is 0 Å². The van der Waals surface area contributed by atoms with Gasteiger partial charge in [-0.3, -0.25) is 0 Å². The number of ether oxygens (including phenoxy) is 1. The van der Waals surface area contributed by atoms with Crippen LogP contribution in [-0.4, -0.2) is 23.8 Å². The molecule has 0 aromatic heterocycles. The van der Waals surface area contributed by atoms with Gasteiger partial charge in [-0.05, 0) is 23.8 Å². The number of methoxy groups -OCH3 is 1. The van der Waals surface area contributed by atoms with Gasteiger partial charge in [0.25, 0.3) is 5.66 Å². The van der Waals surface area contributed by atoms with E-state index < -0.39 is 23.1 Å². The van der Waals surface area contributed by atoms with Crippen LogP contribution in [0.15, 0.2) is 36.4 Å². The molecular weight excluding hydrogens is 328 g/mol. The van der Waals surface area contributed by atoms with Crippen LogP contribution < -0.4 is 0 Å². The third-order valence-corrected chi connectivity index (χ3v) is 4.40. The summed E-state index contributed by atoms with van der Waals surface area (Å²) in [4.78, 5) is 11.9. The number of fused-ring (bicyclic) bond motifs is 3. The van der Waals surface area contributed by atoms with E-state index in [1.54, 1.807) is 0 Å². The molecule has 23 heavy (non-hydrogen) atoms. The van der Waals surface area contributed by atoms with E-state index in [-0.39, 0.29) is 27.8 Å². The smallest absolute Gasteiger partial charge is 0.338 e. The number of carbonyl (C=O) groups excluding carboxylic acids is 1. The summed E-state index contributed by atoms with van der Waals surface area (Å²) < 4.78 is 46.6. The molecule has 0 aliphatic heterocycles. The maximum Gasteiger partial charge on any atom is 0.338 e. The highest BCUT2D eigenvalue weighted by atomic mass is 31.0. The summed E-state index contributed by atoms with van der Waals surface area (Å²) in [6, 6.07) is 7.28. The van der Waals surface area contributed by atoms with Gasteiger partial charge in [0.1, 0.15) is 5.82 Å². The maximum atomic E-state index is 14.2. The number of alkyl halides is 2. The average Bonchev–Trinajstić information content (AvgIpc) is 2.76. The Labute approximate surface area is 132 Å². The van der Waals surface area contributed by atoms with Gasteiger partial charge in [-0.2, -0.15) is 8.78 Å². The molecule has 0 amide bonds. The standard InChI is InChI=1S/C16H12F3O3P/c1-22-14(20)10-3-2-4-11-13(10)9-6-5-8(17)7-12(9)15(11,21)16(18,19)23/h2-7,21H,23H2,1H3. The number of carbonyl (C=O) groups is 1. The van der Waals surface area contributed by atoms with E-state index in [2.05, 4.69) is 4.74 Å². The molecule has 2 unspecified atom stereocenters. The van der Waals surface area contributed by atoms with Gasteiger partial charge in [-0.15, -0.1) is 0 Å². The Morgan fingerprint density at radius 1 is 1.26 bits per heavy atom. The molecule has 1 N–H and O–H groups in total. The third-order valence-electron chi connectivity index (χ3n) is 3.98. The fourth-order valence-corrected chi connectivity index (χ4v) is 3.27. The first-order valence-corrected chi connectivity index (χ1v) is 7.21. The van der Waals surface area contributed by atoms with Gasteiger partial charge < -0.3 is 9.84 Å². The first kappa shape index (κ1) is 16.0. The van der Waals surface area contributed by atoms with Gasteiger partial charge in [0, 0.05) is 16.7 Å². The Bertz CT molecular complexity index is 817. The van der Waals surface area contributed by atoms with Gasteiger partial charge in [-0.25, -0.2) is 9.18 Å². The van der Waals surface area contributed by atoms with E-state index in [0.717, 1.165) is 12.1 Å². The van der Waals surface area contributed by atoms with E-state index >= 15 is 0 Å². The van der Waals surface area contributed by atoms with Crippen LogP contribution in [0.5, 0.6) is 0 Å². The molecule has 120 valence electrons. The monoisotopic (exact) mass is 340 g/mol. The Balaban J connectivity index is 2.44. The van der Waals surface area contributed by atoms with Crippen molar-refractivity contribution in [3.63, 3.8) is 0 Å². The lowest BCUT2D eigenvalue weighted by molar-refractivity contribution is -0.0965. The molecule has 0 saturated carbocycles. The van der Waals surface area contributed by atoms with Crippen LogP contribution in [-0.2, 0) is 10.3 Å². The lowest BCUT2D eigenvalue weighted by Gasteiger charge is -2.31. The molecule has 0 spiro atoms. The van der Waals surface area contributed by atoms with Gasteiger partial charge >= 0.3 is 5.97 Å². The van der Waals surface area contributed by atoms with Crippen LogP contribution >= 0.6 is 9.24 Å². The van der Waals surface area contributed by atoms with E-state index in [1.165, 1.54) is 40.6 Å². The largest absolute Gasteiger partial charge is 0.465 e. The summed E-state index contributed by atoms with van der Waals surface area (Å²) in [7, 11) is 2.44. The zero-order chi connectivity index (χ0) is 17.0. The van der Waals surface area contributed by atoms with E-state index in [1.807, 2.05) is 0 Å². The molecule has 2 atom stereocenters. The molecule has 0 heterocycles. The zero-order valence-electron chi connectivity index (χ0n) is 11.9. The van der Waals surface area contributed by atoms with Crippen LogP contribution in [0.2, 0.25) is 0 Å². The minimum Gasteiger partial charge on any atom is -0.465 e. The molecule has 7 heteroatoms. The Kier molecular flexibility index (Phi) is 3.50. The lowest BCUT2D eigenvalue weighted by Crippen LogP contribution is -2.40. The molecule has 0 radical (unpaired) electrons. The van der Waals surface area contributed by atoms with Crippen molar-refractivity contribution in [3.8, 4) is 11.1 Å². The predicted octanol–water partition coefficient (Wildman–Crippen LogP) is 3.30. The number of rotatable bonds is 2. The highest BCUT2D eigenvalue weighted by Crippen LogP contribution is 2.57. The summed E-state index contributed by atoms with van der Waals surface area (Å²) >= 11 is 0. The molecule has 0 fully saturated rings. The Hall–Kier alpha value is -1.91. The number of hydrogen-bond donors (Lipinski definition) is 1. The van der Waals surface area contributed by atoms with E-state index in [4.69, 9.17) is 0 Å². The van der Waals surface area contributed by atoms with Gasteiger partial charge in [-0.1, -0.05) is 27.4 Å². The lowest BCUT2D eigenvalue weighted by atomic mass is 9.91. The summed E-state index contributed by atoms with van der Waals surface area (Å²) in [5.41, 5.74) is -6.55. The third kappa shape index (κ3) is 2.09. The maximum absolute atomic E-state index is 14.2. The van der Waals surface area contributed by atoms with Crippen LogP contribution in [0.3, 0.4) is 0 Å². The quantitative estimate of drug-likeness (QED) is 0.674. The Morgan fingerprint density at radius 2 is 1.96 bits per heavy atom. The number of esters is 1. The average molecular weight is 340 g/mol. The summed E-state index contributed by atoms with van der Waals surface area (Å²) in [5.74, 6) is -1.49. The van der Waals surface area contributed by atoms with Crippen LogP contribution in [0.1, 0.15) is 21.5 Å². The number of hydrogen-bond acceptors (Lipinski definition) is 3. The van der Waals surface area contributed by atoms with Crippen molar-refractivity contribution in [2.45, 2.75) is 11.3 Å². The molecule has 0 saturated heterocycles. The zero-order valence-corrected chi connectivity index (χ0v) is 13.1. The highest BCUT2D eigenvalue weighted by Gasteiger charge is 2.57. The SMILES string of the molecule is COC(=O)c1cccc2c1-c1ccc(F)cc1C2(O)C(F)(F)P. The molecule has 1 aliphatic rings. The molecule has 1 aliphatic carbocycles. The molecule has 3 rings (SSSR count). The van der Waals surface area contributed by atoms with Gasteiger partial charge in [0.05, 0.1) is 12.7 Å². The second-order valence-electron chi connectivity index (χ2n) is 5.24. The topological polar surface area (TPSA) is 46.5 Å². The first-order valence-electron chi connectivity index (χ1n) is 6.63. The van der Waals surface area contributed by atoms with Gasteiger partial charge in [0.2, 0.25) is 0 Å². The van der Waals surface area contributed by atoms with Crippen molar-refractivity contribution in [3.05, 3.63) is 58.9 Å².